The second-order valence-corrected chi connectivity index (χ2v) is 7.05. The summed E-state index contributed by atoms with van der Waals surface area (Å²) in [6.45, 7) is 7.22. The van der Waals surface area contributed by atoms with Gasteiger partial charge in [-0.3, -0.25) is 9.79 Å². The summed E-state index contributed by atoms with van der Waals surface area (Å²) in [7, 11) is 0. The number of aliphatic imine (C=N–C) groups is 1. The Bertz CT molecular complexity index is 837. The molecular weight excluding hydrogens is 383 g/mol. The minimum atomic E-state index is -0.330. The first-order valence-electron chi connectivity index (χ1n) is 10.4. The highest BCUT2D eigenvalue weighted by molar-refractivity contribution is 5.80. The van der Waals surface area contributed by atoms with Gasteiger partial charge in [-0.1, -0.05) is 18.2 Å². The zero-order valence-corrected chi connectivity index (χ0v) is 17.4. The number of nitrogens with zero attached hydrogens (tertiary/aromatic N) is 4. The molecule has 0 spiro atoms. The lowest BCUT2D eigenvalue weighted by Crippen LogP contribution is -2.52. The number of carbonyl (C=O) groups is 1. The molecule has 7 nitrogen and oxygen atoms in total. The molecule has 1 fully saturated rings. The van der Waals surface area contributed by atoms with Crippen LogP contribution in [-0.4, -0.2) is 67.6 Å². The Balaban J connectivity index is 1.45. The van der Waals surface area contributed by atoms with Crippen molar-refractivity contribution in [2.45, 2.75) is 13.3 Å². The van der Waals surface area contributed by atoms with Crippen molar-refractivity contribution >= 4 is 17.7 Å². The summed E-state index contributed by atoms with van der Waals surface area (Å²) in [6, 6.07) is 12.1. The molecule has 2 N–H and O–H groups in total. The number of aromatic nitrogens is 1. The fourth-order valence-corrected chi connectivity index (χ4v) is 3.37. The molecule has 0 atom stereocenters. The first kappa shape index (κ1) is 21.5. The summed E-state index contributed by atoms with van der Waals surface area (Å²) in [5.74, 6) is 1.39. The molecule has 1 aliphatic rings. The zero-order chi connectivity index (χ0) is 21.2. The van der Waals surface area contributed by atoms with Gasteiger partial charge in [-0.05, 0) is 36.8 Å². The van der Waals surface area contributed by atoms with Gasteiger partial charge >= 0.3 is 0 Å². The molecule has 1 saturated heterocycles. The van der Waals surface area contributed by atoms with E-state index in [1.165, 1.54) is 12.1 Å². The van der Waals surface area contributed by atoms with E-state index in [2.05, 4.69) is 30.4 Å². The summed E-state index contributed by atoms with van der Waals surface area (Å²) >= 11 is 0. The number of rotatable bonds is 7. The molecule has 30 heavy (non-hydrogen) atoms. The van der Waals surface area contributed by atoms with Crippen LogP contribution in [0.4, 0.5) is 10.2 Å². The number of nitrogens with one attached hydrogen (secondary N) is 2. The molecule has 3 rings (SSSR count). The number of benzene rings is 1. The monoisotopic (exact) mass is 412 g/mol. The standard InChI is InChI=1S/C22H29FN6O/c1-2-24-22(29-14-12-28(13-15-29)20-8-3-4-9-25-20)27-11-10-26-21(30)17-18-6-5-7-19(23)16-18/h3-9,16H,2,10-15,17H2,1H3,(H,24,27)(H,26,30). The van der Waals surface area contributed by atoms with Gasteiger partial charge in [0.2, 0.25) is 5.91 Å². The van der Waals surface area contributed by atoms with Crippen LogP contribution in [0.1, 0.15) is 12.5 Å². The highest BCUT2D eigenvalue weighted by Gasteiger charge is 2.20. The summed E-state index contributed by atoms with van der Waals surface area (Å²) in [6.07, 6.45) is 1.98. The van der Waals surface area contributed by atoms with Gasteiger partial charge < -0.3 is 20.4 Å². The predicted octanol–water partition coefficient (Wildman–Crippen LogP) is 1.67. The van der Waals surface area contributed by atoms with E-state index in [0.29, 0.717) is 18.7 Å². The lowest BCUT2D eigenvalue weighted by Gasteiger charge is -2.37. The van der Waals surface area contributed by atoms with Crippen molar-refractivity contribution < 1.29 is 9.18 Å². The molecule has 1 aliphatic heterocycles. The van der Waals surface area contributed by atoms with Gasteiger partial charge in [0.05, 0.1) is 13.0 Å². The third kappa shape index (κ3) is 6.43. The molecule has 0 unspecified atom stereocenters. The minimum Gasteiger partial charge on any atom is -0.357 e. The lowest BCUT2D eigenvalue weighted by atomic mass is 10.1. The number of amides is 1. The van der Waals surface area contributed by atoms with Crippen molar-refractivity contribution in [3.8, 4) is 0 Å². The highest BCUT2D eigenvalue weighted by Crippen LogP contribution is 2.12. The van der Waals surface area contributed by atoms with Crippen LogP contribution in [0.2, 0.25) is 0 Å². The van der Waals surface area contributed by atoms with E-state index in [9.17, 15) is 9.18 Å². The van der Waals surface area contributed by atoms with Crippen LogP contribution in [0.15, 0.2) is 53.7 Å². The van der Waals surface area contributed by atoms with Gasteiger partial charge in [0.25, 0.3) is 0 Å². The van der Waals surface area contributed by atoms with Crippen LogP contribution in [-0.2, 0) is 11.2 Å². The van der Waals surface area contributed by atoms with Gasteiger partial charge in [-0.2, -0.15) is 0 Å². The predicted molar refractivity (Wildman–Crippen MR) is 117 cm³/mol. The zero-order valence-electron chi connectivity index (χ0n) is 17.4. The molecule has 0 saturated carbocycles. The Morgan fingerprint density at radius 3 is 2.67 bits per heavy atom. The minimum absolute atomic E-state index is 0.134. The molecule has 0 bridgehead atoms. The number of hydrogen-bond donors (Lipinski definition) is 2. The van der Waals surface area contributed by atoms with E-state index in [4.69, 9.17) is 0 Å². The summed E-state index contributed by atoms with van der Waals surface area (Å²) < 4.78 is 13.2. The Morgan fingerprint density at radius 1 is 1.13 bits per heavy atom. The number of pyridine rings is 1. The van der Waals surface area contributed by atoms with Gasteiger partial charge in [0, 0.05) is 45.5 Å². The molecule has 1 amide bonds. The summed E-state index contributed by atoms with van der Waals surface area (Å²) in [4.78, 5) is 25.6. The molecule has 1 aromatic heterocycles. The molecule has 0 aliphatic carbocycles. The Kier molecular flexibility index (Phi) is 8.00. The van der Waals surface area contributed by atoms with Gasteiger partial charge in [-0.15, -0.1) is 0 Å². The Morgan fingerprint density at radius 2 is 1.97 bits per heavy atom. The van der Waals surface area contributed by atoms with Crippen molar-refractivity contribution in [2.24, 2.45) is 4.99 Å². The normalized spacial score (nSPS) is 14.5. The second-order valence-electron chi connectivity index (χ2n) is 7.05. The number of hydrogen-bond acceptors (Lipinski definition) is 4. The quantitative estimate of drug-likeness (QED) is 0.411. The van der Waals surface area contributed by atoms with Crippen LogP contribution < -0.4 is 15.5 Å². The molecule has 0 radical (unpaired) electrons. The highest BCUT2D eigenvalue weighted by atomic mass is 19.1. The molecule has 1 aromatic carbocycles. The van der Waals surface area contributed by atoms with Crippen LogP contribution >= 0.6 is 0 Å². The van der Waals surface area contributed by atoms with Crippen LogP contribution in [0.5, 0.6) is 0 Å². The van der Waals surface area contributed by atoms with Gasteiger partial charge in [0.1, 0.15) is 11.6 Å². The maximum absolute atomic E-state index is 13.2. The average Bonchev–Trinajstić information content (AvgIpc) is 2.77. The van der Waals surface area contributed by atoms with E-state index in [-0.39, 0.29) is 18.1 Å². The number of guanidine groups is 1. The number of piperazine rings is 1. The van der Waals surface area contributed by atoms with Crippen molar-refractivity contribution in [1.29, 1.82) is 0 Å². The fraction of sp³-hybridized carbons (Fsp3) is 0.409. The van der Waals surface area contributed by atoms with Gasteiger partial charge in [-0.25, -0.2) is 9.37 Å². The molecule has 160 valence electrons. The van der Waals surface area contributed by atoms with E-state index < -0.39 is 0 Å². The smallest absolute Gasteiger partial charge is 0.224 e. The van der Waals surface area contributed by atoms with Crippen molar-refractivity contribution in [3.63, 3.8) is 0 Å². The third-order valence-electron chi connectivity index (χ3n) is 4.84. The summed E-state index contributed by atoms with van der Waals surface area (Å²) in [5, 5.41) is 6.18. The topological polar surface area (TPSA) is 72.9 Å². The van der Waals surface area contributed by atoms with Gasteiger partial charge in [0.15, 0.2) is 5.96 Å². The number of anilines is 1. The molecule has 2 aromatic rings. The Labute approximate surface area is 177 Å². The van der Waals surface area contributed by atoms with E-state index in [0.717, 1.165) is 44.5 Å². The van der Waals surface area contributed by atoms with E-state index in [1.54, 1.807) is 12.1 Å². The maximum atomic E-state index is 13.2. The number of carbonyl (C=O) groups excluding carboxylic acids is 1. The second kappa shape index (κ2) is 11.1. The van der Waals surface area contributed by atoms with Crippen molar-refractivity contribution in [3.05, 3.63) is 60.0 Å². The summed E-state index contributed by atoms with van der Waals surface area (Å²) in [5.41, 5.74) is 0.662. The Hall–Kier alpha value is -3.16. The van der Waals surface area contributed by atoms with Crippen LogP contribution in [0, 0.1) is 5.82 Å². The largest absolute Gasteiger partial charge is 0.357 e. The van der Waals surface area contributed by atoms with Crippen molar-refractivity contribution in [2.75, 3.05) is 50.7 Å². The van der Waals surface area contributed by atoms with E-state index in [1.807, 2.05) is 31.3 Å². The van der Waals surface area contributed by atoms with Crippen LogP contribution in [0.25, 0.3) is 0 Å². The molecule has 2 heterocycles. The lowest BCUT2D eigenvalue weighted by molar-refractivity contribution is -0.120. The first-order chi connectivity index (χ1) is 14.7. The van der Waals surface area contributed by atoms with Crippen LogP contribution in [0.3, 0.4) is 0 Å². The van der Waals surface area contributed by atoms with E-state index >= 15 is 0 Å². The van der Waals surface area contributed by atoms with Crippen molar-refractivity contribution in [1.82, 2.24) is 20.5 Å². The maximum Gasteiger partial charge on any atom is 0.224 e. The number of halogens is 1. The SMILES string of the molecule is CCNC(=NCCNC(=O)Cc1cccc(F)c1)N1CCN(c2ccccn2)CC1. The third-order valence-corrected chi connectivity index (χ3v) is 4.84. The first-order valence-corrected chi connectivity index (χ1v) is 10.4. The fourth-order valence-electron chi connectivity index (χ4n) is 3.37. The molecule has 8 heteroatoms. The molecular formula is C22H29FN6O. The average molecular weight is 413 g/mol.